The Hall–Kier alpha value is -1.59. The molecule has 1 aromatic carbocycles. The number of fused-ring (bicyclic) bond motifs is 1. The predicted octanol–water partition coefficient (Wildman–Crippen LogP) is 1.56. The van der Waals surface area contributed by atoms with E-state index < -0.39 is 0 Å². The van der Waals surface area contributed by atoms with Gasteiger partial charge in [0.05, 0.1) is 11.0 Å². The summed E-state index contributed by atoms with van der Waals surface area (Å²) < 4.78 is 8.88. The Kier molecular flexibility index (Phi) is 3.87. The second-order valence-electron chi connectivity index (χ2n) is 5.86. The van der Waals surface area contributed by atoms with Gasteiger partial charge in [-0.2, -0.15) is 0 Å². The molecule has 1 saturated heterocycles. The Morgan fingerprint density at radius 2 is 1.86 bits per heavy atom. The number of hydrogen-bond acceptors (Lipinski definition) is 3. The molecule has 0 bridgehead atoms. The SMILES string of the molecule is CNC(c1ccc2c(c1)n(C)c(=O)n2C)C1CCOCC1. The van der Waals surface area contributed by atoms with Crippen LogP contribution in [0.1, 0.15) is 24.4 Å². The van der Waals surface area contributed by atoms with Crippen molar-refractivity contribution in [3.05, 3.63) is 34.2 Å². The number of rotatable bonds is 3. The second kappa shape index (κ2) is 5.66. The summed E-state index contributed by atoms with van der Waals surface area (Å²) in [5.41, 5.74) is 3.24. The van der Waals surface area contributed by atoms with Crippen molar-refractivity contribution in [2.24, 2.45) is 20.0 Å². The average Bonchev–Trinajstić information content (AvgIpc) is 2.74. The lowest BCUT2D eigenvalue weighted by Gasteiger charge is -2.30. The summed E-state index contributed by atoms with van der Waals surface area (Å²) in [6, 6.07) is 6.65. The highest BCUT2D eigenvalue weighted by Crippen LogP contribution is 2.31. The number of hydrogen-bond donors (Lipinski definition) is 1. The molecule has 0 radical (unpaired) electrons. The van der Waals surface area contributed by atoms with Gasteiger partial charge < -0.3 is 10.1 Å². The molecule has 0 spiro atoms. The molecule has 3 rings (SSSR count). The lowest BCUT2D eigenvalue weighted by molar-refractivity contribution is 0.0546. The molecule has 1 N–H and O–H groups in total. The number of nitrogens with zero attached hydrogens (tertiary/aromatic N) is 2. The molecule has 2 heterocycles. The molecule has 0 aliphatic carbocycles. The predicted molar refractivity (Wildman–Crippen MR) is 83.5 cm³/mol. The van der Waals surface area contributed by atoms with Gasteiger partial charge in [-0.05, 0) is 43.5 Å². The highest BCUT2D eigenvalue weighted by molar-refractivity contribution is 5.77. The van der Waals surface area contributed by atoms with Gasteiger partial charge in [-0.3, -0.25) is 9.13 Å². The molecule has 0 saturated carbocycles. The smallest absolute Gasteiger partial charge is 0.328 e. The van der Waals surface area contributed by atoms with Crippen molar-refractivity contribution in [3.8, 4) is 0 Å². The fraction of sp³-hybridized carbons (Fsp3) is 0.562. The Bertz CT molecular complexity index is 695. The van der Waals surface area contributed by atoms with Crippen LogP contribution >= 0.6 is 0 Å². The van der Waals surface area contributed by atoms with Crippen LogP contribution in [0, 0.1) is 5.92 Å². The Morgan fingerprint density at radius 1 is 1.19 bits per heavy atom. The number of benzene rings is 1. The topological polar surface area (TPSA) is 48.2 Å². The van der Waals surface area contributed by atoms with Crippen LogP contribution in [0.4, 0.5) is 0 Å². The third-order valence-electron chi connectivity index (χ3n) is 4.70. The number of ether oxygens (including phenoxy) is 1. The van der Waals surface area contributed by atoms with E-state index in [1.54, 1.807) is 9.13 Å². The van der Waals surface area contributed by atoms with Crippen LogP contribution in [0.3, 0.4) is 0 Å². The number of nitrogens with one attached hydrogen (secondary N) is 1. The first-order chi connectivity index (χ1) is 10.1. The van der Waals surface area contributed by atoms with Crippen LogP contribution in [0.2, 0.25) is 0 Å². The van der Waals surface area contributed by atoms with E-state index in [1.807, 2.05) is 21.1 Å². The van der Waals surface area contributed by atoms with Gasteiger partial charge in [0.15, 0.2) is 0 Å². The van der Waals surface area contributed by atoms with Gasteiger partial charge in [-0.1, -0.05) is 6.07 Å². The molecule has 1 aliphatic heterocycles. The van der Waals surface area contributed by atoms with Crippen molar-refractivity contribution >= 4 is 11.0 Å². The largest absolute Gasteiger partial charge is 0.381 e. The minimum atomic E-state index is 0.0224. The highest BCUT2D eigenvalue weighted by atomic mass is 16.5. The van der Waals surface area contributed by atoms with Gasteiger partial charge in [0, 0.05) is 33.4 Å². The summed E-state index contributed by atoms with van der Waals surface area (Å²) in [5, 5.41) is 3.44. The van der Waals surface area contributed by atoms with Crippen LogP contribution < -0.4 is 11.0 Å². The quantitative estimate of drug-likeness (QED) is 0.933. The molecule has 1 unspecified atom stereocenters. The first kappa shape index (κ1) is 14.4. The van der Waals surface area contributed by atoms with Crippen LogP contribution in [-0.4, -0.2) is 29.4 Å². The zero-order valence-electron chi connectivity index (χ0n) is 12.9. The second-order valence-corrected chi connectivity index (χ2v) is 5.86. The molecule has 0 amide bonds. The molecular formula is C16H23N3O2. The maximum absolute atomic E-state index is 12.0. The lowest BCUT2D eigenvalue weighted by Crippen LogP contribution is -2.30. The number of aryl methyl sites for hydroxylation is 2. The van der Waals surface area contributed by atoms with E-state index in [1.165, 1.54) is 5.56 Å². The van der Waals surface area contributed by atoms with E-state index in [9.17, 15) is 4.79 Å². The fourth-order valence-electron chi connectivity index (χ4n) is 3.44. The minimum Gasteiger partial charge on any atom is -0.381 e. The first-order valence-electron chi connectivity index (χ1n) is 7.54. The minimum absolute atomic E-state index is 0.0224. The van der Waals surface area contributed by atoms with Gasteiger partial charge in [0.2, 0.25) is 0 Å². The lowest BCUT2D eigenvalue weighted by atomic mass is 9.87. The normalized spacial score (nSPS) is 18.2. The summed E-state index contributed by atoms with van der Waals surface area (Å²) in [7, 11) is 5.66. The third-order valence-corrected chi connectivity index (χ3v) is 4.70. The van der Waals surface area contributed by atoms with Gasteiger partial charge in [0.25, 0.3) is 0 Å². The van der Waals surface area contributed by atoms with E-state index in [-0.39, 0.29) is 5.69 Å². The van der Waals surface area contributed by atoms with Crippen molar-refractivity contribution in [1.82, 2.24) is 14.5 Å². The van der Waals surface area contributed by atoms with Crippen molar-refractivity contribution in [2.45, 2.75) is 18.9 Å². The fourth-order valence-corrected chi connectivity index (χ4v) is 3.44. The van der Waals surface area contributed by atoms with Crippen LogP contribution in [-0.2, 0) is 18.8 Å². The van der Waals surface area contributed by atoms with Crippen molar-refractivity contribution in [1.29, 1.82) is 0 Å². The molecular weight excluding hydrogens is 266 g/mol. The zero-order chi connectivity index (χ0) is 15.0. The van der Waals surface area contributed by atoms with Crippen LogP contribution in [0.25, 0.3) is 11.0 Å². The molecule has 1 fully saturated rings. The number of aromatic nitrogens is 2. The van der Waals surface area contributed by atoms with Gasteiger partial charge in [-0.15, -0.1) is 0 Å². The van der Waals surface area contributed by atoms with Crippen molar-refractivity contribution in [2.75, 3.05) is 20.3 Å². The van der Waals surface area contributed by atoms with E-state index in [4.69, 9.17) is 4.74 Å². The monoisotopic (exact) mass is 289 g/mol. The first-order valence-corrected chi connectivity index (χ1v) is 7.54. The average molecular weight is 289 g/mol. The number of imidazole rings is 1. The molecule has 21 heavy (non-hydrogen) atoms. The van der Waals surface area contributed by atoms with Gasteiger partial charge in [0.1, 0.15) is 0 Å². The molecule has 1 aromatic heterocycles. The van der Waals surface area contributed by atoms with E-state index in [2.05, 4.69) is 23.5 Å². The van der Waals surface area contributed by atoms with Gasteiger partial charge in [-0.25, -0.2) is 4.79 Å². The zero-order valence-corrected chi connectivity index (χ0v) is 12.9. The molecule has 5 heteroatoms. The standard InChI is InChI=1S/C16H23N3O2/c1-17-15(11-6-8-21-9-7-11)12-4-5-13-14(10-12)19(3)16(20)18(13)2/h4-5,10-11,15,17H,6-9H2,1-3H3. The highest BCUT2D eigenvalue weighted by Gasteiger charge is 2.24. The summed E-state index contributed by atoms with van der Waals surface area (Å²) >= 11 is 0. The molecule has 2 aromatic rings. The van der Waals surface area contributed by atoms with E-state index in [0.29, 0.717) is 12.0 Å². The van der Waals surface area contributed by atoms with Crippen molar-refractivity contribution < 1.29 is 4.74 Å². The summed E-state index contributed by atoms with van der Waals surface area (Å²) in [4.78, 5) is 12.0. The summed E-state index contributed by atoms with van der Waals surface area (Å²) in [5.74, 6) is 0.585. The summed E-state index contributed by atoms with van der Waals surface area (Å²) in [6.45, 7) is 1.68. The van der Waals surface area contributed by atoms with E-state index in [0.717, 1.165) is 37.1 Å². The van der Waals surface area contributed by atoms with Crippen LogP contribution in [0.15, 0.2) is 23.0 Å². The molecule has 1 atom stereocenters. The summed E-state index contributed by atoms with van der Waals surface area (Å²) in [6.07, 6.45) is 2.16. The van der Waals surface area contributed by atoms with Gasteiger partial charge >= 0.3 is 5.69 Å². The Morgan fingerprint density at radius 3 is 2.52 bits per heavy atom. The molecule has 114 valence electrons. The van der Waals surface area contributed by atoms with Crippen LogP contribution in [0.5, 0.6) is 0 Å². The maximum Gasteiger partial charge on any atom is 0.328 e. The van der Waals surface area contributed by atoms with E-state index >= 15 is 0 Å². The Labute approximate surface area is 124 Å². The molecule has 5 nitrogen and oxygen atoms in total. The molecule has 1 aliphatic rings. The van der Waals surface area contributed by atoms with Crippen molar-refractivity contribution in [3.63, 3.8) is 0 Å². The Balaban J connectivity index is 2.02. The third kappa shape index (κ3) is 2.40. The maximum atomic E-state index is 12.0.